The van der Waals surface area contributed by atoms with Crippen LogP contribution in [0.2, 0.25) is 10.0 Å². The van der Waals surface area contributed by atoms with Crippen LogP contribution in [-0.2, 0) is 10.0 Å². The molecule has 0 fully saturated rings. The van der Waals surface area contributed by atoms with Crippen molar-refractivity contribution in [2.75, 3.05) is 0 Å². The van der Waals surface area contributed by atoms with Crippen molar-refractivity contribution in [1.29, 1.82) is 0 Å². The summed E-state index contributed by atoms with van der Waals surface area (Å²) in [5.74, 6) is 0. The maximum atomic E-state index is 12.2. The fourth-order valence-corrected chi connectivity index (χ4v) is 3.31. The van der Waals surface area contributed by atoms with Crippen molar-refractivity contribution in [3.8, 4) is 0 Å². The molecule has 0 radical (unpaired) electrons. The second-order valence-corrected chi connectivity index (χ2v) is 7.18. The van der Waals surface area contributed by atoms with Crippen molar-refractivity contribution in [2.24, 2.45) is 5.10 Å². The second-order valence-electron chi connectivity index (χ2n) is 4.76. The summed E-state index contributed by atoms with van der Waals surface area (Å²) in [5.41, 5.74) is 2.17. The SMILES string of the molecule is Cc1ccc(S(=O)(=O)N/N=C/c2cccc(Cl)c2Cl)c(C)c1. The lowest BCUT2D eigenvalue weighted by atomic mass is 10.2. The maximum absolute atomic E-state index is 12.2. The van der Waals surface area contributed by atoms with E-state index in [0.29, 0.717) is 21.2 Å². The average Bonchev–Trinajstić information content (AvgIpc) is 2.43. The van der Waals surface area contributed by atoms with Crippen LogP contribution in [0.15, 0.2) is 46.4 Å². The van der Waals surface area contributed by atoms with E-state index in [1.165, 1.54) is 6.21 Å². The number of benzene rings is 2. The topological polar surface area (TPSA) is 58.5 Å². The fraction of sp³-hybridized carbons (Fsp3) is 0.133. The lowest BCUT2D eigenvalue weighted by molar-refractivity contribution is 0.584. The molecule has 2 aromatic carbocycles. The minimum Gasteiger partial charge on any atom is -0.200 e. The number of nitrogens with zero attached hydrogens (tertiary/aromatic N) is 1. The van der Waals surface area contributed by atoms with Gasteiger partial charge in [-0.15, -0.1) is 0 Å². The molecule has 0 aliphatic heterocycles. The zero-order valence-electron chi connectivity index (χ0n) is 12.0. The Labute approximate surface area is 139 Å². The normalized spacial score (nSPS) is 11.8. The summed E-state index contributed by atoms with van der Waals surface area (Å²) >= 11 is 11.9. The maximum Gasteiger partial charge on any atom is 0.276 e. The van der Waals surface area contributed by atoms with Crippen LogP contribution >= 0.6 is 23.2 Å². The number of aryl methyl sites for hydroxylation is 2. The Hall–Kier alpha value is -1.56. The van der Waals surface area contributed by atoms with Gasteiger partial charge in [0.2, 0.25) is 0 Å². The summed E-state index contributed by atoms with van der Waals surface area (Å²) in [5, 5.41) is 4.44. The molecule has 7 heteroatoms. The number of hydrazone groups is 1. The van der Waals surface area contributed by atoms with Gasteiger partial charge in [0.05, 0.1) is 21.2 Å². The number of sulfonamides is 1. The number of hydrogen-bond acceptors (Lipinski definition) is 3. The first-order chi connectivity index (χ1) is 10.3. The van der Waals surface area contributed by atoms with Gasteiger partial charge in [-0.2, -0.15) is 13.5 Å². The Balaban J connectivity index is 2.23. The molecule has 2 aromatic rings. The summed E-state index contributed by atoms with van der Waals surface area (Å²) in [6.07, 6.45) is 1.31. The van der Waals surface area contributed by atoms with E-state index in [1.807, 2.05) is 6.92 Å². The van der Waals surface area contributed by atoms with Crippen LogP contribution in [0.4, 0.5) is 0 Å². The summed E-state index contributed by atoms with van der Waals surface area (Å²) in [6, 6.07) is 10.1. The summed E-state index contributed by atoms with van der Waals surface area (Å²) in [7, 11) is -3.72. The van der Waals surface area contributed by atoms with Crippen LogP contribution in [0.25, 0.3) is 0 Å². The van der Waals surface area contributed by atoms with Gasteiger partial charge in [0.25, 0.3) is 10.0 Å². The largest absolute Gasteiger partial charge is 0.276 e. The van der Waals surface area contributed by atoms with Crippen LogP contribution in [0.5, 0.6) is 0 Å². The Morgan fingerprint density at radius 1 is 1.14 bits per heavy atom. The highest BCUT2D eigenvalue weighted by atomic mass is 35.5. The third kappa shape index (κ3) is 3.80. The Bertz CT molecular complexity index is 833. The highest BCUT2D eigenvalue weighted by Gasteiger charge is 2.15. The molecule has 1 N–H and O–H groups in total. The van der Waals surface area contributed by atoms with Crippen molar-refractivity contribution in [3.63, 3.8) is 0 Å². The highest BCUT2D eigenvalue weighted by Crippen LogP contribution is 2.24. The molecule has 2 rings (SSSR count). The Morgan fingerprint density at radius 2 is 1.86 bits per heavy atom. The summed E-state index contributed by atoms with van der Waals surface area (Å²) < 4.78 is 24.4. The van der Waals surface area contributed by atoms with Gasteiger partial charge in [-0.3, -0.25) is 0 Å². The predicted molar refractivity (Wildman–Crippen MR) is 90.3 cm³/mol. The van der Waals surface area contributed by atoms with Gasteiger partial charge in [-0.05, 0) is 31.5 Å². The van der Waals surface area contributed by atoms with Gasteiger partial charge in [-0.25, -0.2) is 4.83 Å². The molecule has 4 nitrogen and oxygen atoms in total. The van der Waals surface area contributed by atoms with Gasteiger partial charge >= 0.3 is 0 Å². The van der Waals surface area contributed by atoms with Gasteiger partial charge in [-0.1, -0.05) is 53.0 Å². The summed E-state index contributed by atoms with van der Waals surface area (Å²) in [6.45, 7) is 3.63. The molecule has 0 bridgehead atoms. The van der Waals surface area contributed by atoms with Crippen molar-refractivity contribution in [2.45, 2.75) is 18.7 Å². The second kappa shape index (κ2) is 6.69. The van der Waals surface area contributed by atoms with Crippen LogP contribution in [-0.4, -0.2) is 14.6 Å². The molecule has 0 aliphatic rings. The van der Waals surface area contributed by atoms with E-state index >= 15 is 0 Å². The van der Waals surface area contributed by atoms with Crippen LogP contribution in [0, 0.1) is 13.8 Å². The van der Waals surface area contributed by atoms with Crippen molar-refractivity contribution in [1.82, 2.24) is 4.83 Å². The van der Waals surface area contributed by atoms with Crippen LogP contribution < -0.4 is 4.83 Å². The molecule has 0 atom stereocenters. The van der Waals surface area contributed by atoms with Crippen molar-refractivity contribution < 1.29 is 8.42 Å². The molecule has 0 aromatic heterocycles. The molecule has 0 amide bonds. The van der Waals surface area contributed by atoms with E-state index in [2.05, 4.69) is 9.93 Å². The van der Waals surface area contributed by atoms with Gasteiger partial charge in [0.1, 0.15) is 0 Å². The first-order valence-electron chi connectivity index (χ1n) is 6.37. The molecular weight excluding hydrogens is 343 g/mol. The molecule has 0 saturated carbocycles. The first kappa shape index (κ1) is 16.8. The van der Waals surface area contributed by atoms with Gasteiger partial charge < -0.3 is 0 Å². The minimum absolute atomic E-state index is 0.187. The molecule has 0 unspecified atom stereocenters. The predicted octanol–water partition coefficient (Wildman–Crippen LogP) is 3.92. The number of rotatable bonds is 4. The van der Waals surface area contributed by atoms with Crippen molar-refractivity contribution in [3.05, 3.63) is 63.1 Å². The van der Waals surface area contributed by atoms with E-state index < -0.39 is 10.0 Å². The number of hydrogen-bond donors (Lipinski definition) is 1. The lowest BCUT2D eigenvalue weighted by Crippen LogP contribution is -2.19. The monoisotopic (exact) mass is 356 g/mol. The molecule has 0 saturated heterocycles. The fourth-order valence-electron chi connectivity index (χ4n) is 1.94. The van der Waals surface area contributed by atoms with E-state index in [1.54, 1.807) is 43.3 Å². The zero-order chi connectivity index (χ0) is 16.3. The Morgan fingerprint density at radius 3 is 2.55 bits per heavy atom. The quantitative estimate of drug-likeness (QED) is 0.666. The molecule has 0 spiro atoms. The highest BCUT2D eigenvalue weighted by molar-refractivity contribution is 7.89. The lowest BCUT2D eigenvalue weighted by Gasteiger charge is -2.07. The third-order valence-corrected chi connectivity index (χ3v) is 5.19. The van der Waals surface area contributed by atoms with E-state index in [9.17, 15) is 8.42 Å². The van der Waals surface area contributed by atoms with E-state index in [-0.39, 0.29) is 4.90 Å². The third-order valence-electron chi connectivity index (χ3n) is 2.98. The Kier molecular flexibility index (Phi) is 5.11. The zero-order valence-corrected chi connectivity index (χ0v) is 14.3. The first-order valence-corrected chi connectivity index (χ1v) is 8.61. The van der Waals surface area contributed by atoms with Gasteiger partial charge in [0, 0.05) is 5.56 Å². The minimum atomic E-state index is -3.72. The average molecular weight is 357 g/mol. The molecule has 0 aliphatic carbocycles. The number of nitrogens with one attached hydrogen (secondary N) is 1. The smallest absolute Gasteiger partial charge is 0.200 e. The standard InChI is InChI=1S/C15H14Cl2N2O2S/c1-10-6-7-14(11(2)8-10)22(20,21)19-18-9-12-4-3-5-13(16)15(12)17/h3-9,19H,1-2H3/b18-9+. The number of halogens is 2. The molecule has 22 heavy (non-hydrogen) atoms. The molecular formula is C15H14Cl2N2O2S. The van der Waals surface area contributed by atoms with Crippen LogP contribution in [0.1, 0.15) is 16.7 Å². The van der Waals surface area contributed by atoms with Gasteiger partial charge in [0.15, 0.2) is 0 Å². The van der Waals surface area contributed by atoms with E-state index in [4.69, 9.17) is 23.2 Å². The van der Waals surface area contributed by atoms with E-state index in [0.717, 1.165) is 5.56 Å². The molecule has 116 valence electrons. The molecule has 0 heterocycles. The van der Waals surface area contributed by atoms with Crippen LogP contribution in [0.3, 0.4) is 0 Å². The summed E-state index contributed by atoms with van der Waals surface area (Å²) in [4.78, 5) is 2.36. The van der Waals surface area contributed by atoms with Crippen molar-refractivity contribution >= 4 is 39.4 Å².